The summed E-state index contributed by atoms with van der Waals surface area (Å²) in [7, 11) is 0. The summed E-state index contributed by atoms with van der Waals surface area (Å²) in [6.07, 6.45) is 1.57. The highest BCUT2D eigenvalue weighted by Gasteiger charge is 2.50. The topological polar surface area (TPSA) is 102 Å². The number of hydrogen-bond donors (Lipinski definition) is 2. The molecule has 3 heterocycles. The zero-order valence-electron chi connectivity index (χ0n) is 18.9. The Labute approximate surface area is 209 Å². The summed E-state index contributed by atoms with van der Waals surface area (Å²) in [6.45, 7) is 5.68. The first-order valence-electron chi connectivity index (χ1n) is 10.7. The number of pyridine rings is 1. The molecule has 2 aromatic rings. The van der Waals surface area contributed by atoms with Crippen LogP contribution in [0.5, 0.6) is 0 Å². The molecule has 0 unspecified atom stereocenters. The molecule has 34 heavy (non-hydrogen) atoms. The summed E-state index contributed by atoms with van der Waals surface area (Å²) in [6, 6.07) is 7.55. The molecule has 0 spiro atoms. The molecule has 2 amide bonds. The molecule has 1 aromatic heterocycles. The molecule has 2 N–H and O–H groups in total. The van der Waals surface area contributed by atoms with E-state index in [4.69, 9.17) is 9.47 Å². The molecule has 0 radical (unpaired) electrons. The van der Waals surface area contributed by atoms with E-state index in [9.17, 15) is 9.59 Å². The molecule has 2 atom stereocenters. The lowest BCUT2D eigenvalue weighted by molar-refractivity contribution is -0.0173. The number of carbonyl (C=O) groups is 2. The summed E-state index contributed by atoms with van der Waals surface area (Å²) in [5, 5.41) is 5.68. The molecule has 2 aliphatic heterocycles. The summed E-state index contributed by atoms with van der Waals surface area (Å²) >= 11 is 4.64. The molecular weight excluding hydrogens is 527 g/mol. The number of benzene rings is 1. The van der Waals surface area contributed by atoms with Gasteiger partial charge in [0.15, 0.2) is 10.9 Å². The molecule has 11 heteroatoms. The Morgan fingerprint density at radius 2 is 2.06 bits per heavy atom. The Morgan fingerprint density at radius 3 is 2.76 bits per heavy atom. The number of nitrogens with zero attached hydrogens (tertiary/aromatic N) is 2. The van der Waals surface area contributed by atoms with Crippen molar-refractivity contribution >= 4 is 50.5 Å². The lowest BCUT2D eigenvalue weighted by Gasteiger charge is -2.35. The van der Waals surface area contributed by atoms with Crippen LogP contribution in [0, 0.1) is 11.7 Å². The van der Waals surface area contributed by atoms with Gasteiger partial charge in [0.25, 0.3) is 5.91 Å². The molecule has 180 valence electrons. The molecule has 1 saturated heterocycles. The fraction of sp³-hybridized carbons (Fsp3) is 0.391. The maximum atomic E-state index is 15.1. The van der Waals surface area contributed by atoms with Crippen molar-refractivity contribution in [2.45, 2.75) is 38.5 Å². The van der Waals surface area contributed by atoms with Crippen LogP contribution >= 0.6 is 27.7 Å². The second-order valence-corrected chi connectivity index (χ2v) is 10.8. The second-order valence-electron chi connectivity index (χ2n) is 8.90. The van der Waals surface area contributed by atoms with Crippen LogP contribution in [0.1, 0.15) is 43.2 Å². The van der Waals surface area contributed by atoms with Gasteiger partial charge in [0.05, 0.1) is 6.61 Å². The minimum Gasteiger partial charge on any atom is -0.444 e. The Balaban J connectivity index is 1.62. The molecule has 1 aromatic carbocycles. The lowest BCUT2D eigenvalue weighted by Crippen LogP contribution is -2.42. The van der Waals surface area contributed by atoms with Crippen LogP contribution in [-0.2, 0) is 15.2 Å². The van der Waals surface area contributed by atoms with Crippen molar-refractivity contribution in [2.24, 2.45) is 10.9 Å². The standard InChI is InChI=1S/C23H24BrFN4O4S/c1-22(2,3)33-21(31)28-20-29-23(13(12-34-20)8-9-32-23)16-10-15(5-6-17(16)25)27-19(30)18-7-4-14(24)11-26-18/h4-7,10-11,13H,8-9,12H2,1-3H3,(H,27,30)(H,28,29,31)/t13-,23+/m0/s1. The highest BCUT2D eigenvalue weighted by Crippen LogP contribution is 2.48. The maximum absolute atomic E-state index is 15.1. The molecule has 0 saturated carbocycles. The first kappa shape index (κ1) is 24.6. The number of alkyl carbamates (subject to hydrolysis) is 1. The summed E-state index contributed by atoms with van der Waals surface area (Å²) in [5.74, 6) is -0.469. The van der Waals surface area contributed by atoms with Gasteiger partial charge in [-0.05, 0) is 73.5 Å². The number of anilines is 1. The molecule has 0 bridgehead atoms. The lowest BCUT2D eigenvalue weighted by atomic mass is 9.89. The zero-order chi connectivity index (χ0) is 24.5. The van der Waals surface area contributed by atoms with E-state index in [-0.39, 0.29) is 17.2 Å². The third-order valence-corrected chi connectivity index (χ3v) is 6.71. The highest BCUT2D eigenvalue weighted by molar-refractivity contribution is 9.10. The Hall–Kier alpha value is -2.50. The molecule has 4 rings (SSSR count). The third kappa shape index (κ3) is 5.42. The van der Waals surface area contributed by atoms with Gasteiger partial charge < -0.3 is 14.8 Å². The number of aromatic nitrogens is 1. The third-order valence-electron chi connectivity index (χ3n) is 5.21. The van der Waals surface area contributed by atoms with Crippen molar-refractivity contribution in [1.29, 1.82) is 0 Å². The monoisotopic (exact) mass is 550 g/mol. The first-order chi connectivity index (χ1) is 16.1. The van der Waals surface area contributed by atoms with Crippen LogP contribution in [-0.4, -0.2) is 40.1 Å². The minimum atomic E-state index is -1.31. The zero-order valence-corrected chi connectivity index (χ0v) is 21.3. The van der Waals surface area contributed by atoms with Gasteiger partial charge in [0, 0.05) is 33.6 Å². The van der Waals surface area contributed by atoms with Crippen LogP contribution in [0.4, 0.5) is 14.9 Å². The molecule has 1 fully saturated rings. The van der Waals surface area contributed by atoms with E-state index < -0.39 is 29.1 Å². The molecule has 0 aliphatic carbocycles. The van der Waals surface area contributed by atoms with Crippen LogP contribution < -0.4 is 10.6 Å². The van der Waals surface area contributed by atoms with Gasteiger partial charge in [0.2, 0.25) is 0 Å². The van der Waals surface area contributed by atoms with Gasteiger partial charge in [-0.3, -0.25) is 10.1 Å². The minimum absolute atomic E-state index is 0.102. The number of aliphatic imine (C=N–C) groups is 1. The number of rotatable bonds is 3. The number of hydrogen-bond acceptors (Lipinski definition) is 7. The number of amides is 2. The number of nitrogens with one attached hydrogen (secondary N) is 2. The highest BCUT2D eigenvalue weighted by atomic mass is 79.9. The summed E-state index contributed by atoms with van der Waals surface area (Å²) in [5.41, 5.74) is -1.18. The van der Waals surface area contributed by atoms with Crippen molar-refractivity contribution < 1.29 is 23.5 Å². The quantitative estimate of drug-likeness (QED) is 0.554. The number of carbonyl (C=O) groups excluding carboxylic acids is 2. The van der Waals surface area contributed by atoms with Crippen molar-refractivity contribution in [3.05, 3.63) is 58.1 Å². The van der Waals surface area contributed by atoms with Crippen LogP contribution in [0.25, 0.3) is 0 Å². The average molecular weight is 551 g/mol. The van der Waals surface area contributed by atoms with Crippen LogP contribution in [0.15, 0.2) is 46.0 Å². The van der Waals surface area contributed by atoms with Gasteiger partial charge in [-0.15, -0.1) is 0 Å². The predicted octanol–water partition coefficient (Wildman–Crippen LogP) is 5.05. The van der Waals surface area contributed by atoms with E-state index in [0.717, 1.165) is 4.47 Å². The van der Waals surface area contributed by atoms with Gasteiger partial charge in [-0.25, -0.2) is 19.2 Å². The molecule has 2 aliphatic rings. The SMILES string of the molecule is CC(C)(C)OC(=O)NC1=N[C@@]2(c3cc(NC(=O)c4ccc(Br)cn4)ccc3F)OCC[C@H]2CS1. The Kier molecular flexibility index (Phi) is 6.97. The number of thioether (sulfide) groups is 1. The van der Waals surface area contributed by atoms with Crippen LogP contribution in [0.3, 0.4) is 0 Å². The largest absolute Gasteiger partial charge is 0.444 e. The van der Waals surface area contributed by atoms with E-state index in [1.54, 1.807) is 32.9 Å². The van der Waals surface area contributed by atoms with E-state index >= 15 is 4.39 Å². The Morgan fingerprint density at radius 1 is 1.26 bits per heavy atom. The van der Waals surface area contributed by atoms with Crippen molar-refractivity contribution in [2.75, 3.05) is 17.7 Å². The average Bonchev–Trinajstić information content (AvgIpc) is 3.18. The fourth-order valence-corrected chi connectivity index (χ4v) is 5.09. The van der Waals surface area contributed by atoms with Gasteiger partial charge in [-0.1, -0.05) is 11.8 Å². The fourth-order valence-electron chi connectivity index (χ4n) is 3.75. The summed E-state index contributed by atoms with van der Waals surface area (Å²) < 4.78 is 27.2. The normalized spacial score (nSPS) is 21.9. The number of ether oxygens (including phenoxy) is 2. The number of halogens is 2. The summed E-state index contributed by atoms with van der Waals surface area (Å²) in [4.78, 5) is 33.6. The van der Waals surface area contributed by atoms with Crippen molar-refractivity contribution in [1.82, 2.24) is 10.3 Å². The second kappa shape index (κ2) is 9.63. The number of amidine groups is 1. The predicted molar refractivity (Wildman–Crippen MR) is 131 cm³/mol. The van der Waals surface area contributed by atoms with Gasteiger partial charge in [0.1, 0.15) is 17.1 Å². The maximum Gasteiger partial charge on any atom is 0.413 e. The smallest absolute Gasteiger partial charge is 0.413 e. The molecular formula is C23H24BrFN4O4S. The Bertz CT molecular complexity index is 1140. The van der Waals surface area contributed by atoms with E-state index in [2.05, 4.69) is 36.5 Å². The van der Waals surface area contributed by atoms with Crippen molar-refractivity contribution in [3.8, 4) is 0 Å². The van der Waals surface area contributed by atoms with Gasteiger partial charge >= 0.3 is 6.09 Å². The number of fused-ring (bicyclic) bond motifs is 1. The first-order valence-corrected chi connectivity index (χ1v) is 12.4. The van der Waals surface area contributed by atoms with E-state index in [1.165, 1.54) is 36.2 Å². The van der Waals surface area contributed by atoms with Crippen molar-refractivity contribution in [3.63, 3.8) is 0 Å². The van der Waals surface area contributed by atoms with Gasteiger partial charge in [-0.2, -0.15) is 0 Å². The molecule has 8 nitrogen and oxygen atoms in total. The van der Waals surface area contributed by atoms with E-state index in [0.29, 0.717) is 29.6 Å². The van der Waals surface area contributed by atoms with E-state index in [1.807, 2.05) is 0 Å². The van der Waals surface area contributed by atoms with Crippen LogP contribution in [0.2, 0.25) is 0 Å².